The second-order valence-corrected chi connectivity index (χ2v) is 2.99. The molecule has 3 radical (unpaired) electrons. The van der Waals surface area contributed by atoms with Crippen LogP contribution in [0.15, 0.2) is 0 Å². The van der Waals surface area contributed by atoms with Crippen molar-refractivity contribution in [3.63, 3.8) is 0 Å². The van der Waals surface area contributed by atoms with Gasteiger partial charge in [0.15, 0.2) is 0 Å². The Morgan fingerprint density at radius 1 is 0.727 bits per heavy atom. The largest absolute Gasteiger partial charge is 0.0533 e. The van der Waals surface area contributed by atoms with Crippen molar-refractivity contribution in [2.45, 2.75) is 51.4 Å². The van der Waals surface area contributed by atoms with E-state index in [2.05, 4.69) is 20.3 Å². The molecule has 0 rings (SSSR count). The monoisotopic (exact) mass is 153 g/mol. The molecule has 0 aromatic rings. The molecule has 0 saturated carbocycles. The molecule has 0 fully saturated rings. The van der Waals surface area contributed by atoms with Gasteiger partial charge in [-0.3, -0.25) is 0 Å². The van der Waals surface area contributed by atoms with Crippen molar-refractivity contribution < 1.29 is 0 Å². The van der Waals surface area contributed by atoms with Crippen LogP contribution in [0, 0.1) is 20.3 Å². The Morgan fingerprint density at radius 2 is 1.45 bits per heavy atom. The minimum atomic E-state index is 1.05. The molecule has 11 heavy (non-hydrogen) atoms. The standard InChI is InChI=1S/C11H21/c1-3-5-7-9-11-10-8-6-4-2/h7H,1-6,8-11H2. The van der Waals surface area contributed by atoms with Crippen LogP contribution in [0.25, 0.3) is 0 Å². The number of hydrogen-bond donors (Lipinski definition) is 0. The van der Waals surface area contributed by atoms with E-state index in [1.165, 1.54) is 38.5 Å². The van der Waals surface area contributed by atoms with Gasteiger partial charge < -0.3 is 0 Å². The van der Waals surface area contributed by atoms with E-state index < -0.39 is 0 Å². The predicted molar refractivity (Wildman–Crippen MR) is 52.0 cm³/mol. The van der Waals surface area contributed by atoms with E-state index >= 15 is 0 Å². The van der Waals surface area contributed by atoms with Gasteiger partial charge in [0.1, 0.15) is 0 Å². The molecule has 0 unspecified atom stereocenters. The van der Waals surface area contributed by atoms with Crippen molar-refractivity contribution in [1.82, 2.24) is 0 Å². The average molecular weight is 153 g/mol. The molecule has 0 aliphatic heterocycles. The molecule has 0 saturated heterocycles. The third kappa shape index (κ3) is 10.0. The summed E-state index contributed by atoms with van der Waals surface area (Å²) >= 11 is 0. The highest BCUT2D eigenvalue weighted by molar-refractivity contribution is 4.64. The van der Waals surface area contributed by atoms with Gasteiger partial charge in [-0.05, 0) is 6.42 Å². The molecule has 0 bridgehead atoms. The third-order valence-electron chi connectivity index (χ3n) is 1.82. The summed E-state index contributed by atoms with van der Waals surface area (Å²) in [6.07, 6.45) is 12.4. The van der Waals surface area contributed by atoms with Gasteiger partial charge in [-0.1, -0.05) is 65.2 Å². The van der Waals surface area contributed by atoms with Crippen LogP contribution in [0.3, 0.4) is 0 Å². The summed E-state index contributed by atoms with van der Waals surface area (Å²) in [6, 6.07) is 0. The van der Waals surface area contributed by atoms with Crippen molar-refractivity contribution in [2.75, 3.05) is 0 Å². The highest BCUT2D eigenvalue weighted by Crippen LogP contribution is 2.07. The summed E-state index contributed by atoms with van der Waals surface area (Å²) in [5.41, 5.74) is 0. The lowest BCUT2D eigenvalue weighted by Gasteiger charge is -1.98. The summed E-state index contributed by atoms with van der Waals surface area (Å²) in [6.45, 7) is 7.61. The molecular weight excluding hydrogens is 132 g/mol. The Labute approximate surface area is 72.4 Å². The maximum absolute atomic E-state index is 3.82. The highest BCUT2D eigenvalue weighted by Gasteiger charge is 1.89. The molecular formula is C11H21. The molecule has 0 aromatic heterocycles. The van der Waals surface area contributed by atoms with Crippen molar-refractivity contribution in [3.05, 3.63) is 20.3 Å². The topological polar surface area (TPSA) is 0 Å². The van der Waals surface area contributed by atoms with Gasteiger partial charge in [0.05, 0.1) is 0 Å². The molecule has 0 atom stereocenters. The van der Waals surface area contributed by atoms with Crippen LogP contribution in [0.4, 0.5) is 0 Å². The fourth-order valence-corrected chi connectivity index (χ4v) is 1.11. The maximum Gasteiger partial charge on any atom is -0.0386 e. The fraction of sp³-hybridized carbons (Fsp3) is 0.727. The average Bonchev–Trinajstić information content (AvgIpc) is 2.03. The molecule has 0 aromatic carbocycles. The van der Waals surface area contributed by atoms with Gasteiger partial charge in [-0.15, -0.1) is 0 Å². The smallest absolute Gasteiger partial charge is 0.0386 e. The van der Waals surface area contributed by atoms with Crippen LogP contribution in [-0.2, 0) is 0 Å². The van der Waals surface area contributed by atoms with Crippen LogP contribution in [0.1, 0.15) is 51.4 Å². The van der Waals surface area contributed by atoms with Gasteiger partial charge >= 0.3 is 0 Å². The molecule has 0 aliphatic rings. The van der Waals surface area contributed by atoms with Crippen molar-refractivity contribution in [1.29, 1.82) is 0 Å². The van der Waals surface area contributed by atoms with Crippen molar-refractivity contribution in [2.24, 2.45) is 0 Å². The van der Waals surface area contributed by atoms with Crippen LogP contribution in [0.5, 0.6) is 0 Å². The molecule has 0 N–H and O–H groups in total. The molecule has 0 heterocycles. The van der Waals surface area contributed by atoms with E-state index in [-0.39, 0.29) is 0 Å². The number of rotatable bonds is 8. The first-order chi connectivity index (χ1) is 5.41. The molecule has 0 nitrogen and oxygen atoms in total. The first-order valence-corrected chi connectivity index (χ1v) is 4.82. The van der Waals surface area contributed by atoms with E-state index in [9.17, 15) is 0 Å². The first kappa shape index (κ1) is 11.0. The lowest BCUT2D eigenvalue weighted by atomic mass is 10.1. The number of unbranched alkanes of at least 4 members (excludes halogenated alkanes) is 8. The molecule has 0 amide bonds. The first-order valence-electron chi connectivity index (χ1n) is 4.82. The SMILES string of the molecule is [CH2]CC[CH]CCCCCC[CH2]. The molecule has 0 aliphatic carbocycles. The fourth-order valence-electron chi connectivity index (χ4n) is 1.11. The van der Waals surface area contributed by atoms with Gasteiger partial charge in [-0.2, -0.15) is 0 Å². The molecule has 0 heteroatoms. The summed E-state index contributed by atoms with van der Waals surface area (Å²) in [5.74, 6) is 0. The Hall–Kier alpha value is 0. The highest BCUT2D eigenvalue weighted by atomic mass is 13.9. The zero-order valence-electron chi connectivity index (χ0n) is 7.65. The zero-order valence-corrected chi connectivity index (χ0v) is 7.65. The Morgan fingerprint density at radius 3 is 2.09 bits per heavy atom. The second kappa shape index (κ2) is 10.0. The molecule has 0 spiro atoms. The Kier molecular flexibility index (Phi) is 10.0. The van der Waals surface area contributed by atoms with Crippen LogP contribution in [0.2, 0.25) is 0 Å². The number of hydrogen-bond acceptors (Lipinski definition) is 0. The van der Waals surface area contributed by atoms with Crippen molar-refractivity contribution in [3.8, 4) is 0 Å². The van der Waals surface area contributed by atoms with Gasteiger partial charge in [0.2, 0.25) is 0 Å². The van der Waals surface area contributed by atoms with E-state index in [1.807, 2.05) is 0 Å². The Bertz CT molecular complexity index is 49.1. The van der Waals surface area contributed by atoms with Crippen molar-refractivity contribution >= 4 is 0 Å². The third-order valence-corrected chi connectivity index (χ3v) is 1.82. The minimum Gasteiger partial charge on any atom is -0.0533 e. The summed E-state index contributed by atoms with van der Waals surface area (Å²) in [7, 11) is 0. The van der Waals surface area contributed by atoms with Crippen LogP contribution in [-0.4, -0.2) is 0 Å². The van der Waals surface area contributed by atoms with E-state index in [4.69, 9.17) is 0 Å². The summed E-state index contributed by atoms with van der Waals surface area (Å²) in [5, 5.41) is 0. The second-order valence-electron chi connectivity index (χ2n) is 2.99. The maximum atomic E-state index is 3.82. The molecule has 65 valence electrons. The minimum absolute atomic E-state index is 1.05. The summed E-state index contributed by atoms with van der Waals surface area (Å²) < 4.78 is 0. The predicted octanol–water partition coefficient (Wildman–Crippen LogP) is 3.98. The van der Waals surface area contributed by atoms with Crippen LogP contribution < -0.4 is 0 Å². The van der Waals surface area contributed by atoms with Gasteiger partial charge in [-0.25, -0.2) is 0 Å². The van der Waals surface area contributed by atoms with Gasteiger partial charge in [0.25, 0.3) is 0 Å². The normalized spacial score (nSPS) is 10.4. The Balaban J connectivity index is 2.69. The van der Waals surface area contributed by atoms with E-state index in [1.54, 1.807) is 0 Å². The lowest BCUT2D eigenvalue weighted by Crippen LogP contribution is -1.80. The van der Waals surface area contributed by atoms with E-state index in [0.29, 0.717) is 0 Å². The van der Waals surface area contributed by atoms with Crippen LogP contribution >= 0.6 is 0 Å². The lowest BCUT2D eigenvalue weighted by molar-refractivity contribution is 0.634. The quantitative estimate of drug-likeness (QED) is 0.463. The zero-order chi connectivity index (χ0) is 8.36. The van der Waals surface area contributed by atoms with Gasteiger partial charge in [0, 0.05) is 0 Å². The van der Waals surface area contributed by atoms with E-state index in [0.717, 1.165) is 12.8 Å². The summed E-state index contributed by atoms with van der Waals surface area (Å²) in [4.78, 5) is 0.